The van der Waals surface area contributed by atoms with Gasteiger partial charge >= 0.3 is 0 Å². The molecule has 0 bridgehead atoms. The summed E-state index contributed by atoms with van der Waals surface area (Å²) in [6, 6.07) is 4.80. The number of rotatable bonds is 1. The summed E-state index contributed by atoms with van der Waals surface area (Å²) in [5.41, 5.74) is 1.20. The molecule has 3 nitrogen and oxygen atoms in total. The Hall–Kier alpha value is -1.71. The summed E-state index contributed by atoms with van der Waals surface area (Å²) in [5.74, 6) is 0.646. The van der Waals surface area contributed by atoms with E-state index in [1.54, 1.807) is 26.0 Å². The Bertz CT molecular complexity index is 466. The van der Waals surface area contributed by atoms with Crippen molar-refractivity contribution in [1.82, 2.24) is 10.1 Å². The largest absolute Gasteiger partial charge is 0.339 e. The molecule has 0 N–H and O–H groups in total. The van der Waals surface area contributed by atoms with E-state index >= 15 is 0 Å². The minimum absolute atomic E-state index is 0.259. The number of aromatic nitrogens is 2. The average molecular weight is 222 g/mol. The number of hydrogen-bond donors (Lipinski definition) is 0. The maximum Gasteiger partial charge on any atom is 0.223 e. The lowest BCUT2D eigenvalue weighted by Crippen LogP contribution is -1.89. The van der Waals surface area contributed by atoms with Gasteiger partial charge in [-0.25, -0.2) is 4.39 Å². The lowest BCUT2D eigenvalue weighted by atomic mass is 10.1. The second-order valence-corrected chi connectivity index (χ2v) is 3.05. The molecule has 0 saturated carbocycles. The third-order valence-corrected chi connectivity index (χ3v) is 2.04. The molecular weight excluding hydrogens is 207 g/mol. The molecule has 2 rings (SSSR count). The van der Waals surface area contributed by atoms with Crippen LogP contribution in [0.1, 0.15) is 25.3 Å². The second kappa shape index (κ2) is 5.39. The Kier molecular flexibility index (Phi) is 4.17. The van der Waals surface area contributed by atoms with Crippen molar-refractivity contribution < 1.29 is 8.91 Å². The van der Waals surface area contributed by atoms with Crippen LogP contribution in [0.5, 0.6) is 0 Å². The Balaban J connectivity index is 0.000000606. The zero-order valence-corrected chi connectivity index (χ0v) is 9.91. The highest BCUT2D eigenvalue weighted by atomic mass is 19.1. The van der Waals surface area contributed by atoms with E-state index < -0.39 is 0 Å². The Morgan fingerprint density at radius 1 is 1.19 bits per heavy atom. The number of aryl methyl sites for hydroxylation is 1. The summed E-state index contributed by atoms with van der Waals surface area (Å²) < 4.78 is 18.0. The zero-order valence-electron chi connectivity index (χ0n) is 9.91. The molecule has 0 fully saturated rings. The van der Waals surface area contributed by atoms with Crippen LogP contribution >= 0.6 is 0 Å². The fourth-order valence-corrected chi connectivity index (χ4v) is 1.26. The van der Waals surface area contributed by atoms with Crippen LogP contribution in [0.15, 0.2) is 22.7 Å². The van der Waals surface area contributed by atoms with Gasteiger partial charge in [0.05, 0.1) is 0 Å². The first-order chi connectivity index (χ1) is 7.68. The van der Waals surface area contributed by atoms with E-state index in [1.165, 1.54) is 6.07 Å². The van der Waals surface area contributed by atoms with Gasteiger partial charge in [0.1, 0.15) is 5.82 Å². The molecule has 16 heavy (non-hydrogen) atoms. The van der Waals surface area contributed by atoms with Gasteiger partial charge in [0.15, 0.2) is 0 Å². The molecule has 86 valence electrons. The molecule has 0 unspecified atom stereocenters. The van der Waals surface area contributed by atoms with Crippen LogP contribution in [0.3, 0.4) is 0 Å². The van der Waals surface area contributed by atoms with Gasteiger partial charge in [-0.3, -0.25) is 0 Å². The van der Waals surface area contributed by atoms with E-state index in [9.17, 15) is 4.39 Å². The minimum atomic E-state index is -0.259. The summed E-state index contributed by atoms with van der Waals surface area (Å²) in [4.78, 5) is 4.04. The van der Waals surface area contributed by atoms with Gasteiger partial charge < -0.3 is 4.52 Å². The molecule has 0 spiro atoms. The smallest absolute Gasteiger partial charge is 0.223 e. The number of nitrogens with zero attached hydrogens (tertiary/aromatic N) is 2. The van der Waals surface area contributed by atoms with Crippen molar-refractivity contribution in [3.8, 4) is 11.4 Å². The molecule has 1 aromatic carbocycles. The fraction of sp³-hybridized carbons (Fsp3) is 0.333. The lowest BCUT2D eigenvalue weighted by Gasteiger charge is -2.00. The third-order valence-electron chi connectivity index (χ3n) is 2.04. The maximum atomic E-state index is 13.2. The van der Waals surface area contributed by atoms with E-state index in [4.69, 9.17) is 4.52 Å². The summed E-state index contributed by atoms with van der Waals surface area (Å²) in [7, 11) is 0. The molecule has 1 aromatic heterocycles. The van der Waals surface area contributed by atoms with Crippen LogP contribution in [0.25, 0.3) is 11.4 Å². The monoisotopic (exact) mass is 222 g/mol. The summed E-state index contributed by atoms with van der Waals surface area (Å²) in [6.45, 7) is 7.39. The Morgan fingerprint density at radius 3 is 2.44 bits per heavy atom. The Labute approximate surface area is 94.3 Å². The predicted molar refractivity (Wildman–Crippen MR) is 60.5 cm³/mol. The van der Waals surface area contributed by atoms with Crippen LogP contribution in [0.2, 0.25) is 0 Å². The van der Waals surface area contributed by atoms with Gasteiger partial charge in [-0.05, 0) is 18.6 Å². The average Bonchev–Trinajstić information content (AvgIpc) is 2.72. The lowest BCUT2D eigenvalue weighted by molar-refractivity contribution is 0.394. The summed E-state index contributed by atoms with van der Waals surface area (Å²) in [5, 5.41) is 3.74. The first-order valence-electron chi connectivity index (χ1n) is 5.24. The minimum Gasteiger partial charge on any atom is -0.339 e. The summed E-state index contributed by atoms with van der Waals surface area (Å²) >= 11 is 0. The third kappa shape index (κ3) is 2.45. The molecule has 0 saturated heterocycles. The van der Waals surface area contributed by atoms with Gasteiger partial charge in [0, 0.05) is 12.5 Å². The number of halogens is 1. The van der Waals surface area contributed by atoms with E-state index in [0.29, 0.717) is 22.8 Å². The highest BCUT2D eigenvalue weighted by Gasteiger charge is 2.10. The van der Waals surface area contributed by atoms with E-state index in [-0.39, 0.29) is 5.82 Å². The molecule has 0 aliphatic carbocycles. The van der Waals surface area contributed by atoms with Crippen molar-refractivity contribution in [1.29, 1.82) is 0 Å². The maximum absolute atomic E-state index is 13.2. The van der Waals surface area contributed by atoms with Crippen molar-refractivity contribution in [2.45, 2.75) is 27.7 Å². The predicted octanol–water partition coefficient (Wildman–Crippen LogP) is 3.52. The topological polar surface area (TPSA) is 38.9 Å². The van der Waals surface area contributed by atoms with Crippen molar-refractivity contribution in [3.05, 3.63) is 35.5 Å². The van der Waals surface area contributed by atoms with Crippen molar-refractivity contribution in [2.24, 2.45) is 0 Å². The zero-order chi connectivity index (χ0) is 12.1. The normalized spacial score (nSPS) is 9.56. The second-order valence-electron chi connectivity index (χ2n) is 3.05. The van der Waals surface area contributed by atoms with Gasteiger partial charge in [-0.15, -0.1) is 0 Å². The van der Waals surface area contributed by atoms with E-state index in [2.05, 4.69) is 10.1 Å². The molecule has 0 aliphatic rings. The molecule has 0 radical (unpaired) electrons. The number of hydrogen-bond acceptors (Lipinski definition) is 3. The molecule has 4 heteroatoms. The van der Waals surface area contributed by atoms with Crippen LogP contribution in [0, 0.1) is 19.7 Å². The molecule has 0 amide bonds. The standard InChI is InChI=1S/C10H9FN2O.C2H6/c1-6-8(4-3-5-9(6)11)10-12-7(2)14-13-10;1-2/h3-5H,1-2H3;1-2H3. The molecular formula is C12H15FN2O. The number of benzene rings is 1. The molecule has 0 atom stereocenters. The fourth-order valence-electron chi connectivity index (χ4n) is 1.26. The molecule has 0 aliphatic heterocycles. The van der Waals surface area contributed by atoms with Crippen LogP contribution < -0.4 is 0 Å². The van der Waals surface area contributed by atoms with E-state index in [1.807, 2.05) is 13.8 Å². The first kappa shape index (κ1) is 12.4. The van der Waals surface area contributed by atoms with Gasteiger partial charge in [0.2, 0.25) is 11.7 Å². The summed E-state index contributed by atoms with van der Waals surface area (Å²) in [6.07, 6.45) is 0. The van der Waals surface area contributed by atoms with Gasteiger partial charge in [-0.1, -0.05) is 31.1 Å². The molecule has 2 aromatic rings. The Morgan fingerprint density at radius 2 is 1.88 bits per heavy atom. The van der Waals surface area contributed by atoms with E-state index in [0.717, 1.165) is 0 Å². The highest BCUT2D eigenvalue weighted by molar-refractivity contribution is 5.59. The van der Waals surface area contributed by atoms with Crippen molar-refractivity contribution >= 4 is 0 Å². The van der Waals surface area contributed by atoms with Gasteiger partial charge in [-0.2, -0.15) is 4.98 Å². The highest BCUT2D eigenvalue weighted by Crippen LogP contribution is 2.21. The van der Waals surface area contributed by atoms with Crippen molar-refractivity contribution in [2.75, 3.05) is 0 Å². The quantitative estimate of drug-likeness (QED) is 0.741. The van der Waals surface area contributed by atoms with Crippen LogP contribution in [0.4, 0.5) is 4.39 Å². The first-order valence-corrected chi connectivity index (χ1v) is 5.24. The van der Waals surface area contributed by atoms with Crippen molar-refractivity contribution in [3.63, 3.8) is 0 Å². The van der Waals surface area contributed by atoms with Crippen LogP contribution in [-0.4, -0.2) is 10.1 Å². The van der Waals surface area contributed by atoms with Crippen LogP contribution in [-0.2, 0) is 0 Å². The SMILES string of the molecule is CC.Cc1nc(-c2cccc(F)c2C)no1. The molecule has 1 heterocycles. The van der Waals surface area contributed by atoms with Gasteiger partial charge in [0.25, 0.3) is 0 Å².